The van der Waals surface area contributed by atoms with E-state index >= 15 is 0 Å². The van der Waals surface area contributed by atoms with E-state index in [1.807, 2.05) is 13.8 Å². The molecular formula is C10H16N4O2. The number of rotatable bonds is 3. The summed E-state index contributed by atoms with van der Waals surface area (Å²) in [7, 11) is 0. The van der Waals surface area contributed by atoms with Gasteiger partial charge in [0, 0.05) is 6.61 Å². The average molecular weight is 224 g/mol. The highest BCUT2D eigenvalue weighted by atomic mass is 16.5. The summed E-state index contributed by atoms with van der Waals surface area (Å²) >= 11 is 0. The van der Waals surface area contributed by atoms with E-state index in [2.05, 4.69) is 15.4 Å². The van der Waals surface area contributed by atoms with Gasteiger partial charge in [-0.3, -0.25) is 10.1 Å². The molecule has 1 unspecified atom stereocenters. The highest BCUT2D eigenvalue weighted by molar-refractivity contribution is 5.91. The molecule has 88 valence electrons. The molecule has 1 atom stereocenters. The van der Waals surface area contributed by atoms with E-state index in [4.69, 9.17) is 4.74 Å². The van der Waals surface area contributed by atoms with Gasteiger partial charge in [-0.15, -0.1) is 0 Å². The van der Waals surface area contributed by atoms with Crippen LogP contribution in [-0.4, -0.2) is 33.9 Å². The van der Waals surface area contributed by atoms with Crippen molar-refractivity contribution in [2.75, 3.05) is 18.5 Å². The van der Waals surface area contributed by atoms with Crippen molar-refractivity contribution in [1.29, 1.82) is 0 Å². The van der Waals surface area contributed by atoms with Crippen LogP contribution in [0.5, 0.6) is 0 Å². The second-order valence-electron chi connectivity index (χ2n) is 4.17. The lowest BCUT2D eigenvalue weighted by atomic mass is 10.1. The van der Waals surface area contributed by atoms with E-state index in [1.54, 1.807) is 4.68 Å². The third-order valence-corrected chi connectivity index (χ3v) is 2.60. The fourth-order valence-corrected chi connectivity index (χ4v) is 1.67. The van der Waals surface area contributed by atoms with E-state index < -0.39 is 0 Å². The van der Waals surface area contributed by atoms with Gasteiger partial charge in [0.2, 0.25) is 11.9 Å². The molecule has 1 amide bonds. The van der Waals surface area contributed by atoms with Crippen molar-refractivity contribution < 1.29 is 9.53 Å². The first kappa shape index (κ1) is 11.1. The van der Waals surface area contributed by atoms with Gasteiger partial charge in [0.25, 0.3) is 0 Å². The first-order valence-corrected chi connectivity index (χ1v) is 5.46. The molecular weight excluding hydrogens is 208 g/mol. The molecule has 1 saturated heterocycles. The zero-order valence-electron chi connectivity index (χ0n) is 9.51. The maximum absolute atomic E-state index is 11.8. The number of nitrogens with zero attached hydrogens (tertiary/aromatic N) is 3. The number of ether oxygens (including phenoxy) is 1. The monoisotopic (exact) mass is 224 g/mol. The molecule has 6 nitrogen and oxygen atoms in total. The molecule has 1 aromatic rings. The summed E-state index contributed by atoms with van der Waals surface area (Å²) in [6.45, 7) is 5.14. The van der Waals surface area contributed by atoms with E-state index in [0.717, 1.165) is 6.42 Å². The van der Waals surface area contributed by atoms with Gasteiger partial charge in [0.1, 0.15) is 6.33 Å². The lowest BCUT2D eigenvalue weighted by Crippen LogP contribution is -2.25. The van der Waals surface area contributed by atoms with Crippen molar-refractivity contribution in [3.05, 3.63) is 6.33 Å². The number of carbonyl (C=O) groups is 1. The number of hydrogen-bond donors (Lipinski definition) is 1. The van der Waals surface area contributed by atoms with Crippen LogP contribution in [0.15, 0.2) is 6.33 Å². The first-order valence-electron chi connectivity index (χ1n) is 5.46. The minimum absolute atomic E-state index is 0.0348. The molecule has 2 rings (SSSR count). The van der Waals surface area contributed by atoms with Crippen LogP contribution in [0.4, 0.5) is 5.95 Å². The topological polar surface area (TPSA) is 69.0 Å². The fourth-order valence-electron chi connectivity index (χ4n) is 1.67. The Bertz CT molecular complexity index is 369. The molecule has 1 fully saturated rings. The number of aromatic nitrogens is 3. The van der Waals surface area contributed by atoms with Crippen molar-refractivity contribution >= 4 is 11.9 Å². The summed E-state index contributed by atoms with van der Waals surface area (Å²) in [5, 5.41) is 6.84. The van der Waals surface area contributed by atoms with Gasteiger partial charge in [0.15, 0.2) is 0 Å². The van der Waals surface area contributed by atoms with Crippen molar-refractivity contribution in [3.63, 3.8) is 0 Å². The van der Waals surface area contributed by atoms with Gasteiger partial charge in [0.05, 0.1) is 18.6 Å². The lowest BCUT2D eigenvalue weighted by Gasteiger charge is -2.11. The molecule has 16 heavy (non-hydrogen) atoms. The molecule has 6 heteroatoms. The Morgan fingerprint density at radius 3 is 3.12 bits per heavy atom. The number of carbonyl (C=O) groups excluding carboxylic acids is 1. The van der Waals surface area contributed by atoms with Gasteiger partial charge in [-0.05, 0) is 20.3 Å². The second kappa shape index (κ2) is 4.61. The Morgan fingerprint density at radius 2 is 2.50 bits per heavy atom. The summed E-state index contributed by atoms with van der Waals surface area (Å²) in [6, 6.07) is 0.178. The van der Waals surface area contributed by atoms with E-state index in [-0.39, 0.29) is 17.9 Å². The molecule has 0 saturated carbocycles. The fraction of sp³-hybridized carbons (Fsp3) is 0.700. The summed E-state index contributed by atoms with van der Waals surface area (Å²) in [4.78, 5) is 15.8. The van der Waals surface area contributed by atoms with Crippen LogP contribution in [0.3, 0.4) is 0 Å². The van der Waals surface area contributed by atoms with Gasteiger partial charge in [-0.2, -0.15) is 10.1 Å². The third-order valence-electron chi connectivity index (χ3n) is 2.60. The quantitative estimate of drug-likeness (QED) is 0.825. The molecule has 1 aromatic heterocycles. The SMILES string of the molecule is CC(C)n1ncnc1NC(=O)C1CCOC1. The minimum Gasteiger partial charge on any atom is -0.381 e. The predicted octanol–water partition coefficient (Wildman–Crippen LogP) is 0.834. The van der Waals surface area contributed by atoms with Crippen molar-refractivity contribution in [2.24, 2.45) is 5.92 Å². The highest BCUT2D eigenvalue weighted by Crippen LogP contribution is 2.16. The largest absolute Gasteiger partial charge is 0.381 e. The molecule has 2 heterocycles. The second-order valence-corrected chi connectivity index (χ2v) is 4.17. The first-order chi connectivity index (χ1) is 7.68. The maximum Gasteiger partial charge on any atom is 0.232 e. The van der Waals surface area contributed by atoms with Gasteiger partial charge < -0.3 is 4.74 Å². The molecule has 0 aliphatic carbocycles. The predicted molar refractivity (Wildman–Crippen MR) is 58.0 cm³/mol. The highest BCUT2D eigenvalue weighted by Gasteiger charge is 2.24. The normalized spacial score (nSPS) is 20.3. The summed E-state index contributed by atoms with van der Waals surface area (Å²) in [5.74, 6) is 0.414. The van der Waals surface area contributed by atoms with E-state index in [9.17, 15) is 4.79 Å². The van der Waals surface area contributed by atoms with Gasteiger partial charge >= 0.3 is 0 Å². The van der Waals surface area contributed by atoms with Crippen LogP contribution in [0.2, 0.25) is 0 Å². The molecule has 0 bridgehead atoms. The molecule has 0 spiro atoms. The smallest absolute Gasteiger partial charge is 0.232 e. The zero-order chi connectivity index (χ0) is 11.5. The third kappa shape index (κ3) is 2.21. The number of anilines is 1. The zero-order valence-corrected chi connectivity index (χ0v) is 9.51. The molecule has 1 aliphatic heterocycles. The van der Waals surface area contributed by atoms with E-state index in [0.29, 0.717) is 19.2 Å². The van der Waals surface area contributed by atoms with E-state index in [1.165, 1.54) is 6.33 Å². The van der Waals surface area contributed by atoms with Crippen LogP contribution >= 0.6 is 0 Å². The van der Waals surface area contributed by atoms with Crippen LogP contribution < -0.4 is 5.32 Å². The molecule has 0 aromatic carbocycles. The lowest BCUT2D eigenvalue weighted by molar-refractivity contribution is -0.119. The minimum atomic E-state index is -0.0580. The van der Waals surface area contributed by atoms with Crippen LogP contribution in [0.1, 0.15) is 26.3 Å². The Morgan fingerprint density at radius 1 is 1.69 bits per heavy atom. The van der Waals surface area contributed by atoms with Crippen LogP contribution in [0.25, 0.3) is 0 Å². The average Bonchev–Trinajstić information content (AvgIpc) is 2.86. The number of nitrogens with one attached hydrogen (secondary N) is 1. The summed E-state index contributed by atoms with van der Waals surface area (Å²) < 4.78 is 6.86. The Kier molecular flexibility index (Phi) is 3.19. The van der Waals surface area contributed by atoms with Crippen molar-refractivity contribution in [2.45, 2.75) is 26.3 Å². The van der Waals surface area contributed by atoms with Gasteiger partial charge in [-0.25, -0.2) is 4.68 Å². The van der Waals surface area contributed by atoms with Crippen molar-refractivity contribution in [3.8, 4) is 0 Å². The Hall–Kier alpha value is -1.43. The van der Waals surface area contributed by atoms with Crippen LogP contribution in [0, 0.1) is 5.92 Å². The molecule has 1 aliphatic rings. The van der Waals surface area contributed by atoms with Crippen molar-refractivity contribution in [1.82, 2.24) is 14.8 Å². The molecule has 1 N–H and O–H groups in total. The summed E-state index contributed by atoms with van der Waals surface area (Å²) in [5.41, 5.74) is 0. The Labute approximate surface area is 94.0 Å². The molecule has 0 radical (unpaired) electrons. The van der Waals surface area contributed by atoms with Gasteiger partial charge in [-0.1, -0.05) is 0 Å². The number of hydrogen-bond acceptors (Lipinski definition) is 4. The standard InChI is InChI=1S/C10H16N4O2/c1-7(2)14-10(11-6-12-14)13-9(15)8-3-4-16-5-8/h6-8H,3-5H2,1-2H3,(H,11,12,13,15). The maximum atomic E-state index is 11.8. The Balaban J connectivity index is 2.02. The van der Waals surface area contributed by atoms with Crippen LogP contribution in [-0.2, 0) is 9.53 Å². The number of amides is 1. The summed E-state index contributed by atoms with van der Waals surface area (Å²) in [6.07, 6.45) is 2.22.